The van der Waals surface area contributed by atoms with Crippen LogP contribution in [0.4, 0.5) is 0 Å². The Hall–Kier alpha value is -1.52. The Morgan fingerprint density at radius 3 is 2.52 bits per heavy atom. The maximum Gasteiger partial charge on any atom is 0.154 e. The molecule has 0 aromatic heterocycles. The minimum atomic E-state index is 0.205. The largest absolute Gasteiger partial charge is 0.358 e. The number of rotatable bonds is 8. The monoisotopic (exact) mass is 288 g/mol. The Labute approximate surface area is 128 Å². The molecule has 1 aromatic rings. The summed E-state index contributed by atoms with van der Waals surface area (Å²) in [6.45, 7) is 11.7. The van der Waals surface area contributed by atoms with Gasteiger partial charge in [0.25, 0.3) is 0 Å². The predicted molar refractivity (Wildman–Crippen MR) is 88.4 cm³/mol. The highest BCUT2D eigenvalue weighted by Gasteiger charge is 2.16. The number of nitrogens with one attached hydrogen (secondary N) is 2. The van der Waals surface area contributed by atoms with Gasteiger partial charge in [-0.05, 0) is 31.1 Å². The maximum atomic E-state index is 3.58. The van der Waals surface area contributed by atoms with Crippen LogP contribution in [0.15, 0.2) is 36.7 Å². The summed E-state index contributed by atoms with van der Waals surface area (Å²) in [4.78, 5) is 4.71. The van der Waals surface area contributed by atoms with E-state index in [0.717, 1.165) is 32.7 Å². The third-order valence-corrected chi connectivity index (χ3v) is 4.11. The number of benzene rings is 1. The number of hydrogen-bond acceptors (Lipinski definition) is 4. The lowest BCUT2D eigenvalue weighted by molar-refractivity contribution is 0.241. The van der Waals surface area contributed by atoms with Crippen molar-refractivity contribution in [1.82, 2.24) is 20.4 Å². The second kappa shape index (κ2) is 8.05. The Kier molecular flexibility index (Phi) is 6.08. The third-order valence-electron chi connectivity index (χ3n) is 4.11. The van der Waals surface area contributed by atoms with Gasteiger partial charge < -0.3 is 10.2 Å². The van der Waals surface area contributed by atoms with Crippen molar-refractivity contribution < 1.29 is 0 Å². The average Bonchev–Trinajstić information content (AvgIpc) is 2.99. The molecule has 1 aliphatic rings. The first kappa shape index (κ1) is 15.9. The lowest BCUT2D eigenvalue weighted by Crippen LogP contribution is -2.47. The van der Waals surface area contributed by atoms with Crippen LogP contribution in [-0.2, 0) is 13.1 Å². The molecule has 1 heterocycles. The molecular weight excluding hydrogens is 260 g/mol. The maximum absolute atomic E-state index is 3.58. The molecule has 0 bridgehead atoms. The van der Waals surface area contributed by atoms with Crippen LogP contribution in [0.1, 0.15) is 31.9 Å². The van der Waals surface area contributed by atoms with E-state index in [1.165, 1.54) is 11.1 Å². The first-order valence-corrected chi connectivity index (χ1v) is 7.99. The molecule has 116 valence electrons. The van der Waals surface area contributed by atoms with E-state index in [1.807, 2.05) is 6.20 Å². The van der Waals surface area contributed by atoms with Gasteiger partial charge in [0, 0.05) is 32.0 Å². The van der Waals surface area contributed by atoms with E-state index in [0.29, 0.717) is 0 Å². The first-order valence-electron chi connectivity index (χ1n) is 7.99. The molecule has 1 aromatic carbocycles. The second-order valence-corrected chi connectivity index (χ2v) is 5.33. The summed E-state index contributed by atoms with van der Waals surface area (Å²) in [5.74, 6) is 0. The van der Waals surface area contributed by atoms with Crippen LogP contribution in [0.25, 0.3) is 0 Å². The second-order valence-electron chi connectivity index (χ2n) is 5.33. The van der Waals surface area contributed by atoms with Crippen molar-refractivity contribution in [3.63, 3.8) is 0 Å². The zero-order valence-electron chi connectivity index (χ0n) is 13.5. The smallest absolute Gasteiger partial charge is 0.154 e. The molecule has 0 amide bonds. The minimum Gasteiger partial charge on any atom is -0.358 e. The van der Waals surface area contributed by atoms with Gasteiger partial charge in [0.15, 0.2) is 6.29 Å². The highest BCUT2D eigenvalue weighted by atomic mass is 15.4. The van der Waals surface area contributed by atoms with Crippen LogP contribution in [0, 0.1) is 0 Å². The summed E-state index contributed by atoms with van der Waals surface area (Å²) in [5.41, 5.74) is 2.80. The van der Waals surface area contributed by atoms with E-state index in [-0.39, 0.29) is 6.29 Å². The molecule has 4 heteroatoms. The van der Waals surface area contributed by atoms with Gasteiger partial charge in [-0.2, -0.15) is 0 Å². The molecule has 0 radical (unpaired) electrons. The Bertz CT molecular complexity index is 454. The molecule has 0 fully saturated rings. The fraction of sp³-hybridized carbons (Fsp3) is 0.529. The van der Waals surface area contributed by atoms with Gasteiger partial charge in [0.1, 0.15) is 0 Å². The van der Waals surface area contributed by atoms with Crippen molar-refractivity contribution >= 4 is 0 Å². The Balaban J connectivity index is 1.96. The quantitative estimate of drug-likeness (QED) is 0.768. The third kappa shape index (κ3) is 4.22. The summed E-state index contributed by atoms with van der Waals surface area (Å²) >= 11 is 0. The fourth-order valence-corrected chi connectivity index (χ4v) is 2.65. The van der Waals surface area contributed by atoms with Gasteiger partial charge in [-0.3, -0.25) is 10.2 Å². The molecular formula is C17H28N4. The van der Waals surface area contributed by atoms with Gasteiger partial charge in [-0.15, -0.1) is 0 Å². The van der Waals surface area contributed by atoms with Gasteiger partial charge in [-0.1, -0.05) is 38.1 Å². The van der Waals surface area contributed by atoms with Crippen molar-refractivity contribution in [3.8, 4) is 0 Å². The van der Waals surface area contributed by atoms with Crippen molar-refractivity contribution in [2.24, 2.45) is 0 Å². The van der Waals surface area contributed by atoms with E-state index >= 15 is 0 Å². The molecule has 0 aliphatic carbocycles. The standard InChI is InChI=1S/C17H28N4/c1-4-20(5-2)14-16-10-8-7-9-15(16)13-19-17-18-11-12-21(17)6-3/h7-12,17-19H,4-6,13-14H2,1-3H3. The number of nitrogens with zero attached hydrogens (tertiary/aromatic N) is 2. The van der Waals surface area contributed by atoms with Crippen LogP contribution < -0.4 is 10.6 Å². The van der Waals surface area contributed by atoms with Gasteiger partial charge in [0.2, 0.25) is 0 Å². The van der Waals surface area contributed by atoms with Gasteiger partial charge in [-0.25, -0.2) is 0 Å². The van der Waals surface area contributed by atoms with Crippen LogP contribution >= 0.6 is 0 Å². The molecule has 0 spiro atoms. The zero-order chi connectivity index (χ0) is 15.1. The van der Waals surface area contributed by atoms with Crippen molar-refractivity contribution in [3.05, 3.63) is 47.8 Å². The summed E-state index contributed by atoms with van der Waals surface area (Å²) in [7, 11) is 0. The van der Waals surface area contributed by atoms with Crippen LogP contribution in [0.3, 0.4) is 0 Å². The predicted octanol–water partition coefficient (Wildman–Crippen LogP) is 2.30. The fourth-order valence-electron chi connectivity index (χ4n) is 2.65. The number of hydrogen-bond donors (Lipinski definition) is 2. The molecule has 2 N–H and O–H groups in total. The first-order chi connectivity index (χ1) is 10.3. The molecule has 1 atom stereocenters. The van der Waals surface area contributed by atoms with Crippen LogP contribution in [0.2, 0.25) is 0 Å². The van der Waals surface area contributed by atoms with Gasteiger partial charge >= 0.3 is 0 Å². The Morgan fingerprint density at radius 2 is 1.86 bits per heavy atom. The summed E-state index contributed by atoms with van der Waals surface area (Å²) < 4.78 is 0. The van der Waals surface area contributed by atoms with Crippen molar-refractivity contribution in [2.45, 2.75) is 40.2 Å². The molecule has 21 heavy (non-hydrogen) atoms. The lowest BCUT2D eigenvalue weighted by Gasteiger charge is -2.26. The molecule has 1 unspecified atom stereocenters. The van der Waals surface area contributed by atoms with Crippen molar-refractivity contribution in [2.75, 3.05) is 19.6 Å². The van der Waals surface area contributed by atoms with E-state index < -0.39 is 0 Å². The van der Waals surface area contributed by atoms with Crippen molar-refractivity contribution in [1.29, 1.82) is 0 Å². The zero-order valence-corrected chi connectivity index (χ0v) is 13.5. The van der Waals surface area contributed by atoms with Crippen LogP contribution in [0.5, 0.6) is 0 Å². The minimum absolute atomic E-state index is 0.205. The highest BCUT2D eigenvalue weighted by Crippen LogP contribution is 2.12. The Morgan fingerprint density at radius 1 is 1.14 bits per heavy atom. The molecule has 0 saturated carbocycles. The average molecular weight is 288 g/mol. The molecule has 4 nitrogen and oxygen atoms in total. The van der Waals surface area contributed by atoms with E-state index in [1.54, 1.807) is 0 Å². The lowest BCUT2D eigenvalue weighted by atomic mass is 10.1. The summed E-state index contributed by atoms with van der Waals surface area (Å²) in [6.07, 6.45) is 4.30. The SMILES string of the molecule is CCN(CC)Cc1ccccc1CNC1NC=CN1CC. The highest BCUT2D eigenvalue weighted by molar-refractivity contribution is 5.27. The molecule has 0 saturated heterocycles. The topological polar surface area (TPSA) is 30.5 Å². The summed E-state index contributed by atoms with van der Waals surface area (Å²) in [5, 5.41) is 6.92. The summed E-state index contributed by atoms with van der Waals surface area (Å²) in [6, 6.07) is 8.73. The van der Waals surface area contributed by atoms with Crippen LogP contribution in [-0.4, -0.2) is 35.7 Å². The molecule has 2 rings (SSSR count). The molecule has 1 aliphatic heterocycles. The van der Waals surface area contributed by atoms with Gasteiger partial charge in [0.05, 0.1) is 0 Å². The van der Waals surface area contributed by atoms with E-state index in [2.05, 4.69) is 71.7 Å². The van der Waals surface area contributed by atoms with E-state index in [9.17, 15) is 0 Å². The normalized spacial score (nSPS) is 17.5. The van der Waals surface area contributed by atoms with E-state index in [4.69, 9.17) is 0 Å².